The largest absolute Gasteiger partial charge is 0.478 e. The second-order valence-electron chi connectivity index (χ2n) is 4.53. The highest BCUT2D eigenvalue weighted by molar-refractivity contribution is 5.90. The average molecular weight is 252 g/mol. The number of nitrogens with two attached hydrogens (primary N) is 4. The molecule has 1 saturated carbocycles. The SMILES string of the molecule is NC1CCC(N)C1.Nc1cc(N)cc(C(=O)O)c1. The van der Waals surface area contributed by atoms with Crippen molar-refractivity contribution in [2.24, 2.45) is 11.5 Å². The van der Waals surface area contributed by atoms with Gasteiger partial charge in [0.05, 0.1) is 5.56 Å². The van der Waals surface area contributed by atoms with Gasteiger partial charge in [0, 0.05) is 23.5 Å². The maximum atomic E-state index is 10.4. The fraction of sp³-hybridized carbons (Fsp3) is 0.417. The van der Waals surface area contributed by atoms with Gasteiger partial charge in [-0.15, -0.1) is 0 Å². The summed E-state index contributed by atoms with van der Waals surface area (Å²) in [5.74, 6) is -1.02. The number of hydrogen-bond donors (Lipinski definition) is 5. The lowest BCUT2D eigenvalue weighted by Crippen LogP contribution is -2.20. The van der Waals surface area contributed by atoms with Gasteiger partial charge in [-0.3, -0.25) is 0 Å². The Labute approximate surface area is 106 Å². The molecular weight excluding hydrogens is 232 g/mol. The van der Waals surface area contributed by atoms with Gasteiger partial charge in [0.1, 0.15) is 0 Å². The van der Waals surface area contributed by atoms with Gasteiger partial charge in [0.2, 0.25) is 0 Å². The second kappa shape index (κ2) is 6.23. The number of carboxylic acids is 1. The normalized spacial score (nSPS) is 22.1. The van der Waals surface area contributed by atoms with E-state index in [9.17, 15) is 4.79 Å². The molecular formula is C12H20N4O2. The van der Waals surface area contributed by atoms with Crippen LogP contribution in [0.2, 0.25) is 0 Å². The second-order valence-corrected chi connectivity index (χ2v) is 4.53. The molecule has 0 spiro atoms. The van der Waals surface area contributed by atoms with Crippen molar-refractivity contribution < 1.29 is 9.90 Å². The molecule has 0 heterocycles. The monoisotopic (exact) mass is 252 g/mol. The zero-order chi connectivity index (χ0) is 13.7. The first-order valence-corrected chi connectivity index (χ1v) is 5.79. The van der Waals surface area contributed by atoms with Crippen LogP contribution in [-0.4, -0.2) is 23.2 Å². The van der Waals surface area contributed by atoms with Crippen LogP contribution in [0.3, 0.4) is 0 Å². The van der Waals surface area contributed by atoms with Crippen molar-refractivity contribution in [3.63, 3.8) is 0 Å². The molecule has 2 unspecified atom stereocenters. The van der Waals surface area contributed by atoms with Crippen molar-refractivity contribution in [2.75, 3.05) is 11.5 Å². The highest BCUT2D eigenvalue weighted by atomic mass is 16.4. The van der Waals surface area contributed by atoms with E-state index in [2.05, 4.69) is 0 Å². The van der Waals surface area contributed by atoms with Crippen molar-refractivity contribution in [2.45, 2.75) is 31.3 Å². The van der Waals surface area contributed by atoms with Gasteiger partial charge in [-0.1, -0.05) is 0 Å². The van der Waals surface area contributed by atoms with Gasteiger partial charge >= 0.3 is 5.97 Å². The first kappa shape index (κ1) is 14.3. The predicted octanol–water partition coefficient (Wildman–Crippen LogP) is 0.374. The molecule has 9 N–H and O–H groups in total. The molecule has 2 atom stereocenters. The van der Waals surface area contributed by atoms with Crippen molar-refractivity contribution in [1.29, 1.82) is 0 Å². The smallest absolute Gasteiger partial charge is 0.335 e. The van der Waals surface area contributed by atoms with E-state index in [1.807, 2.05) is 0 Å². The van der Waals surface area contributed by atoms with Gasteiger partial charge in [-0.2, -0.15) is 0 Å². The van der Waals surface area contributed by atoms with Gasteiger partial charge < -0.3 is 28.0 Å². The summed E-state index contributed by atoms with van der Waals surface area (Å²) >= 11 is 0. The van der Waals surface area contributed by atoms with Crippen molar-refractivity contribution in [3.05, 3.63) is 23.8 Å². The minimum atomic E-state index is -1.02. The summed E-state index contributed by atoms with van der Waals surface area (Å²) in [5.41, 5.74) is 22.6. The Balaban J connectivity index is 0.000000199. The van der Waals surface area contributed by atoms with Gasteiger partial charge in [-0.25, -0.2) is 4.79 Å². The lowest BCUT2D eigenvalue weighted by molar-refractivity contribution is 0.0697. The number of rotatable bonds is 1. The zero-order valence-electron chi connectivity index (χ0n) is 10.2. The molecule has 0 radical (unpaired) electrons. The van der Waals surface area contributed by atoms with E-state index in [0.29, 0.717) is 23.5 Å². The molecule has 1 aliphatic rings. The van der Waals surface area contributed by atoms with E-state index >= 15 is 0 Å². The Bertz CT molecular complexity index is 394. The van der Waals surface area contributed by atoms with Crippen LogP contribution in [0.5, 0.6) is 0 Å². The Morgan fingerprint density at radius 3 is 1.78 bits per heavy atom. The van der Waals surface area contributed by atoms with Gasteiger partial charge in [0.25, 0.3) is 0 Å². The molecule has 1 aromatic rings. The molecule has 6 nitrogen and oxygen atoms in total. The quantitative estimate of drug-likeness (QED) is 0.457. The number of aromatic carboxylic acids is 1. The first-order chi connectivity index (χ1) is 8.38. The molecule has 0 amide bonds. The highest BCUT2D eigenvalue weighted by Gasteiger charge is 2.16. The molecule has 0 saturated heterocycles. The van der Waals surface area contributed by atoms with Crippen molar-refractivity contribution in [1.82, 2.24) is 0 Å². The molecule has 6 heteroatoms. The number of hydrogen-bond acceptors (Lipinski definition) is 5. The Morgan fingerprint density at radius 1 is 1.06 bits per heavy atom. The summed E-state index contributed by atoms with van der Waals surface area (Å²) in [6.07, 6.45) is 3.28. The third-order valence-electron chi connectivity index (χ3n) is 2.74. The topological polar surface area (TPSA) is 141 Å². The standard InChI is InChI=1S/C7H8N2O2.C5H12N2/c8-5-1-4(7(10)11)2-6(9)3-5;6-4-1-2-5(7)3-4/h1-3H,8-9H2,(H,10,11);4-5H,1-3,6-7H2. The third-order valence-corrected chi connectivity index (χ3v) is 2.74. The van der Waals surface area contributed by atoms with E-state index in [1.165, 1.54) is 18.2 Å². The third kappa shape index (κ3) is 4.60. The van der Waals surface area contributed by atoms with E-state index in [4.69, 9.17) is 28.0 Å². The number of carbonyl (C=O) groups is 1. The fourth-order valence-corrected chi connectivity index (χ4v) is 1.85. The summed E-state index contributed by atoms with van der Waals surface area (Å²) in [5, 5.41) is 8.52. The van der Waals surface area contributed by atoms with E-state index < -0.39 is 5.97 Å². The molecule has 0 bridgehead atoms. The van der Waals surface area contributed by atoms with Gasteiger partial charge in [0.15, 0.2) is 0 Å². The minimum Gasteiger partial charge on any atom is -0.478 e. The zero-order valence-corrected chi connectivity index (χ0v) is 10.2. The maximum Gasteiger partial charge on any atom is 0.335 e. The number of anilines is 2. The minimum absolute atomic E-state index is 0.113. The van der Waals surface area contributed by atoms with Crippen LogP contribution >= 0.6 is 0 Å². The molecule has 1 aliphatic carbocycles. The first-order valence-electron chi connectivity index (χ1n) is 5.79. The van der Waals surface area contributed by atoms with Crippen LogP contribution in [0.1, 0.15) is 29.6 Å². The van der Waals surface area contributed by atoms with Crippen molar-refractivity contribution in [3.8, 4) is 0 Å². The summed E-state index contributed by atoms with van der Waals surface area (Å²) in [4.78, 5) is 10.4. The van der Waals surface area contributed by atoms with Crippen molar-refractivity contribution >= 4 is 17.3 Å². The summed E-state index contributed by atoms with van der Waals surface area (Å²) in [6, 6.07) is 5.02. The molecule has 18 heavy (non-hydrogen) atoms. The maximum absolute atomic E-state index is 10.4. The van der Waals surface area contributed by atoms with Crippen LogP contribution in [-0.2, 0) is 0 Å². The van der Waals surface area contributed by atoms with Crippen LogP contribution in [0.25, 0.3) is 0 Å². The Hall–Kier alpha value is -1.79. The lowest BCUT2D eigenvalue weighted by Gasteiger charge is -1.98. The summed E-state index contributed by atoms with van der Waals surface area (Å²) in [7, 11) is 0. The number of benzene rings is 1. The molecule has 100 valence electrons. The van der Waals surface area contributed by atoms with Crippen LogP contribution < -0.4 is 22.9 Å². The summed E-state index contributed by atoms with van der Waals surface area (Å²) < 4.78 is 0. The predicted molar refractivity (Wildman–Crippen MR) is 72.0 cm³/mol. The number of nitrogen functional groups attached to an aromatic ring is 2. The van der Waals surface area contributed by atoms with Crippen LogP contribution in [0.15, 0.2) is 18.2 Å². The average Bonchev–Trinajstić information content (AvgIpc) is 2.62. The van der Waals surface area contributed by atoms with Crippen LogP contribution in [0.4, 0.5) is 11.4 Å². The van der Waals surface area contributed by atoms with E-state index in [-0.39, 0.29) is 5.56 Å². The Morgan fingerprint density at radius 2 is 1.50 bits per heavy atom. The van der Waals surface area contributed by atoms with Crippen LogP contribution in [0, 0.1) is 0 Å². The number of carboxylic acid groups (broad SMARTS) is 1. The highest BCUT2D eigenvalue weighted by Crippen LogP contribution is 2.14. The molecule has 2 rings (SSSR count). The summed E-state index contributed by atoms with van der Waals surface area (Å²) in [6.45, 7) is 0. The molecule has 0 aliphatic heterocycles. The van der Waals surface area contributed by atoms with E-state index in [1.54, 1.807) is 0 Å². The van der Waals surface area contributed by atoms with Gasteiger partial charge in [-0.05, 0) is 37.5 Å². The van der Waals surface area contributed by atoms with E-state index in [0.717, 1.165) is 19.3 Å². The molecule has 0 aromatic heterocycles. The lowest BCUT2D eigenvalue weighted by atomic mass is 10.2. The Kier molecular flexibility index (Phi) is 4.94. The molecule has 1 aromatic carbocycles. The molecule has 1 fully saturated rings. The fourth-order valence-electron chi connectivity index (χ4n) is 1.85.